The number of benzene rings is 1. The molecule has 0 bridgehead atoms. The number of fused-ring (bicyclic) bond motifs is 1. The van der Waals surface area contributed by atoms with Crippen LogP contribution in [0.25, 0.3) is 21.3 Å². The Hall–Kier alpha value is -1.65. The molecule has 0 fully saturated rings. The number of nitrogens with zero attached hydrogens (tertiary/aromatic N) is 1. The molecule has 1 N–H and O–H groups in total. The van der Waals surface area contributed by atoms with E-state index in [1.54, 1.807) is 6.07 Å². The number of hydrogen-bond donors (Lipinski definition) is 1. The van der Waals surface area contributed by atoms with E-state index in [1.165, 1.54) is 11.3 Å². The minimum Gasteiger partial charge on any atom is -0.267 e. The minimum absolute atomic E-state index is 0.183. The Kier molecular flexibility index (Phi) is 2.46. The Morgan fingerprint density at radius 1 is 1.18 bits per heavy atom. The van der Waals surface area contributed by atoms with Crippen LogP contribution < -0.4 is 5.56 Å². The summed E-state index contributed by atoms with van der Waals surface area (Å²) in [5, 5.41) is 10.6. The summed E-state index contributed by atoms with van der Waals surface area (Å²) in [5.41, 5.74) is 0.539. The van der Waals surface area contributed by atoms with Crippen LogP contribution in [0.5, 0.6) is 0 Å². The van der Waals surface area contributed by atoms with Crippen LogP contribution in [0.15, 0.2) is 40.5 Å². The number of H-pyrrole nitrogens is 1. The highest BCUT2D eigenvalue weighted by Crippen LogP contribution is 2.34. The summed E-state index contributed by atoms with van der Waals surface area (Å²) in [7, 11) is 0. The second-order valence-corrected chi connectivity index (χ2v) is 4.87. The SMILES string of the molecule is O=c1[nH]nc(-c2sccc2Cl)c2ccccc12. The van der Waals surface area contributed by atoms with Crippen LogP contribution >= 0.6 is 22.9 Å². The Balaban J connectivity index is 2.43. The molecule has 0 aliphatic carbocycles. The lowest BCUT2D eigenvalue weighted by molar-refractivity contribution is 1.02. The van der Waals surface area contributed by atoms with Gasteiger partial charge < -0.3 is 0 Å². The summed E-state index contributed by atoms with van der Waals surface area (Å²) in [6.45, 7) is 0. The molecule has 3 rings (SSSR count). The van der Waals surface area contributed by atoms with Crippen LogP contribution in [0.4, 0.5) is 0 Å². The van der Waals surface area contributed by atoms with Gasteiger partial charge in [-0.25, -0.2) is 5.10 Å². The zero-order chi connectivity index (χ0) is 11.8. The van der Waals surface area contributed by atoms with E-state index in [-0.39, 0.29) is 5.56 Å². The molecule has 0 spiro atoms. The maximum atomic E-state index is 11.6. The van der Waals surface area contributed by atoms with Crippen molar-refractivity contribution < 1.29 is 0 Å². The van der Waals surface area contributed by atoms with E-state index < -0.39 is 0 Å². The molecule has 84 valence electrons. The fraction of sp³-hybridized carbons (Fsp3) is 0. The molecule has 3 aromatic rings. The third-order valence-electron chi connectivity index (χ3n) is 2.53. The van der Waals surface area contributed by atoms with Gasteiger partial charge in [-0.1, -0.05) is 29.8 Å². The molecule has 0 saturated carbocycles. The summed E-state index contributed by atoms with van der Waals surface area (Å²) < 4.78 is 0. The van der Waals surface area contributed by atoms with E-state index in [0.717, 1.165) is 16.0 Å². The molecular formula is C12H7ClN2OS. The van der Waals surface area contributed by atoms with Crippen molar-refractivity contribution in [2.45, 2.75) is 0 Å². The number of thiophene rings is 1. The number of nitrogens with one attached hydrogen (secondary N) is 1. The van der Waals surface area contributed by atoms with Gasteiger partial charge in [0.25, 0.3) is 5.56 Å². The standard InChI is InChI=1S/C12H7ClN2OS/c13-9-5-6-17-11(9)10-7-3-1-2-4-8(7)12(16)15-14-10/h1-6H,(H,15,16). The molecular weight excluding hydrogens is 256 g/mol. The third kappa shape index (κ3) is 1.66. The van der Waals surface area contributed by atoms with Gasteiger partial charge in [-0.05, 0) is 17.5 Å². The second kappa shape index (κ2) is 3.98. The predicted molar refractivity (Wildman–Crippen MR) is 70.7 cm³/mol. The fourth-order valence-electron chi connectivity index (χ4n) is 1.75. The summed E-state index contributed by atoms with van der Waals surface area (Å²) in [6, 6.07) is 9.19. The Morgan fingerprint density at radius 2 is 1.94 bits per heavy atom. The molecule has 0 atom stereocenters. The lowest BCUT2D eigenvalue weighted by atomic mass is 10.1. The van der Waals surface area contributed by atoms with E-state index in [2.05, 4.69) is 10.2 Å². The molecule has 3 nitrogen and oxygen atoms in total. The molecule has 0 unspecified atom stereocenters. The van der Waals surface area contributed by atoms with Crippen molar-refractivity contribution in [2.75, 3.05) is 0 Å². The van der Waals surface area contributed by atoms with Crippen LogP contribution in [0.1, 0.15) is 0 Å². The monoisotopic (exact) mass is 262 g/mol. The second-order valence-electron chi connectivity index (χ2n) is 3.54. The van der Waals surface area contributed by atoms with Gasteiger partial charge >= 0.3 is 0 Å². The van der Waals surface area contributed by atoms with Crippen molar-refractivity contribution in [1.29, 1.82) is 0 Å². The number of aromatic amines is 1. The summed E-state index contributed by atoms with van der Waals surface area (Å²) in [5.74, 6) is 0. The Morgan fingerprint density at radius 3 is 2.65 bits per heavy atom. The van der Waals surface area contributed by atoms with Gasteiger partial charge in [-0.3, -0.25) is 4.79 Å². The average Bonchev–Trinajstić information content (AvgIpc) is 2.77. The minimum atomic E-state index is -0.183. The first kappa shape index (κ1) is 10.5. The summed E-state index contributed by atoms with van der Waals surface area (Å²) >= 11 is 7.60. The average molecular weight is 263 g/mol. The highest BCUT2D eigenvalue weighted by atomic mass is 35.5. The first-order chi connectivity index (χ1) is 8.27. The van der Waals surface area contributed by atoms with Gasteiger partial charge in [0.2, 0.25) is 0 Å². The molecule has 2 aromatic heterocycles. The van der Waals surface area contributed by atoms with Gasteiger partial charge in [-0.15, -0.1) is 11.3 Å². The number of rotatable bonds is 1. The van der Waals surface area contributed by atoms with Gasteiger partial charge in [-0.2, -0.15) is 5.10 Å². The van der Waals surface area contributed by atoms with Gasteiger partial charge in [0.15, 0.2) is 0 Å². The van der Waals surface area contributed by atoms with E-state index in [0.29, 0.717) is 10.4 Å². The first-order valence-corrected chi connectivity index (χ1v) is 6.24. The summed E-state index contributed by atoms with van der Waals surface area (Å²) in [6.07, 6.45) is 0. The molecule has 0 aliphatic heterocycles. The van der Waals surface area contributed by atoms with Gasteiger partial charge in [0.1, 0.15) is 5.69 Å². The molecule has 2 heterocycles. The molecule has 17 heavy (non-hydrogen) atoms. The molecule has 1 aromatic carbocycles. The Labute approximate surface area is 106 Å². The molecule has 0 aliphatic rings. The largest absolute Gasteiger partial charge is 0.272 e. The normalized spacial score (nSPS) is 10.9. The highest BCUT2D eigenvalue weighted by molar-refractivity contribution is 7.14. The van der Waals surface area contributed by atoms with Crippen molar-refractivity contribution in [3.63, 3.8) is 0 Å². The summed E-state index contributed by atoms with van der Waals surface area (Å²) in [4.78, 5) is 12.5. The van der Waals surface area contributed by atoms with Gasteiger partial charge in [0, 0.05) is 5.39 Å². The van der Waals surface area contributed by atoms with Crippen LogP contribution in [0.3, 0.4) is 0 Å². The molecule has 5 heteroatoms. The zero-order valence-corrected chi connectivity index (χ0v) is 10.2. The molecule has 0 radical (unpaired) electrons. The number of aromatic nitrogens is 2. The van der Waals surface area contributed by atoms with Crippen molar-refractivity contribution in [1.82, 2.24) is 10.2 Å². The zero-order valence-electron chi connectivity index (χ0n) is 8.61. The first-order valence-electron chi connectivity index (χ1n) is 4.98. The van der Waals surface area contributed by atoms with Crippen molar-refractivity contribution in [2.24, 2.45) is 0 Å². The van der Waals surface area contributed by atoms with E-state index in [4.69, 9.17) is 11.6 Å². The number of hydrogen-bond acceptors (Lipinski definition) is 3. The van der Waals surface area contributed by atoms with E-state index in [1.807, 2.05) is 29.6 Å². The lowest BCUT2D eigenvalue weighted by Crippen LogP contribution is -2.08. The van der Waals surface area contributed by atoms with Crippen LogP contribution in [-0.4, -0.2) is 10.2 Å². The van der Waals surface area contributed by atoms with Crippen LogP contribution in [-0.2, 0) is 0 Å². The third-order valence-corrected chi connectivity index (χ3v) is 3.88. The molecule has 0 saturated heterocycles. The van der Waals surface area contributed by atoms with Crippen LogP contribution in [0, 0.1) is 0 Å². The predicted octanol–water partition coefficient (Wildman–Crippen LogP) is 3.31. The highest BCUT2D eigenvalue weighted by Gasteiger charge is 2.12. The maximum Gasteiger partial charge on any atom is 0.272 e. The van der Waals surface area contributed by atoms with Crippen molar-refractivity contribution in [3.05, 3.63) is 51.1 Å². The fourth-order valence-corrected chi connectivity index (χ4v) is 2.90. The molecule has 0 amide bonds. The quantitative estimate of drug-likeness (QED) is 0.731. The van der Waals surface area contributed by atoms with E-state index in [9.17, 15) is 4.79 Å². The Bertz CT molecular complexity index is 747. The smallest absolute Gasteiger partial charge is 0.267 e. The van der Waals surface area contributed by atoms with E-state index >= 15 is 0 Å². The lowest BCUT2D eigenvalue weighted by Gasteiger charge is -2.02. The maximum absolute atomic E-state index is 11.6. The van der Waals surface area contributed by atoms with Gasteiger partial charge in [0.05, 0.1) is 15.3 Å². The van der Waals surface area contributed by atoms with Crippen molar-refractivity contribution >= 4 is 33.7 Å². The topological polar surface area (TPSA) is 45.8 Å². The van der Waals surface area contributed by atoms with Crippen molar-refractivity contribution in [3.8, 4) is 10.6 Å². The van der Waals surface area contributed by atoms with Crippen LogP contribution in [0.2, 0.25) is 5.02 Å². The number of halogens is 1.